The van der Waals surface area contributed by atoms with E-state index in [4.69, 9.17) is 0 Å². The summed E-state index contributed by atoms with van der Waals surface area (Å²) in [4.78, 5) is 0. The van der Waals surface area contributed by atoms with Crippen molar-refractivity contribution >= 4 is 0 Å². The van der Waals surface area contributed by atoms with Crippen LogP contribution in [-0.2, 0) is 0 Å². The fourth-order valence-electron chi connectivity index (χ4n) is 2.23. The van der Waals surface area contributed by atoms with Crippen LogP contribution in [0.4, 0.5) is 0 Å². The monoisotopic (exact) mass is 189 g/mol. The van der Waals surface area contributed by atoms with Gasteiger partial charge < -0.3 is 5.32 Å². The number of hydrogen-bond donors (Lipinski definition) is 1. The van der Waals surface area contributed by atoms with Crippen molar-refractivity contribution in [1.82, 2.24) is 5.32 Å². The topological polar surface area (TPSA) is 12.0 Å². The van der Waals surface area contributed by atoms with Gasteiger partial charge in [0.15, 0.2) is 0 Å². The standard InChI is InChI=1S/C13H19N/c1-10(2)14-13-9-8-12(13)11-6-4-3-5-7-11/h3-7,10,12-14H,8-9H2,1-2H3/t12-,13-/m1/s1. The van der Waals surface area contributed by atoms with Crippen molar-refractivity contribution in [2.24, 2.45) is 0 Å². The summed E-state index contributed by atoms with van der Waals surface area (Å²) in [6.45, 7) is 4.45. The van der Waals surface area contributed by atoms with Crippen molar-refractivity contribution in [3.8, 4) is 0 Å². The molecule has 1 nitrogen and oxygen atoms in total. The van der Waals surface area contributed by atoms with E-state index < -0.39 is 0 Å². The van der Waals surface area contributed by atoms with Crippen LogP contribution in [0.2, 0.25) is 0 Å². The van der Waals surface area contributed by atoms with Crippen molar-refractivity contribution in [2.75, 3.05) is 0 Å². The van der Waals surface area contributed by atoms with Gasteiger partial charge in [0.25, 0.3) is 0 Å². The molecule has 1 aromatic rings. The second-order valence-corrected chi connectivity index (χ2v) is 4.52. The van der Waals surface area contributed by atoms with Crippen molar-refractivity contribution in [2.45, 2.75) is 44.7 Å². The average Bonchev–Trinajstić information content (AvgIpc) is 2.14. The van der Waals surface area contributed by atoms with Gasteiger partial charge in [-0.25, -0.2) is 0 Å². The molecule has 1 N–H and O–H groups in total. The van der Waals surface area contributed by atoms with Gasteiger partial charge in [-0.1, -0.05) is 44.2 Å². The first-order valence-electron chi connectivity index (χ1n) is 5.58. The second kappa shape index (κ2) is 4.14. The van der Waals surface area contributed by atoms with E-state index in [1.165, 1.54) is 18.4 Å². The first-order chi connectivity index (χ1) is 6.77. The molecule has 1 aliphatic rings. The zero-order valence-corrected chi connectivity index (χ0v) is 9.03. The predicted molar refractivity (Wildman–Crippen MR) is 60.5 cm³/mol. The molecule has 1 aromatic carbocycles. The highest BCUT2D eigenvalue weighted by molar-refractivity contribution is 5.24. The van der Waals surface area contributed by atoms with E-state index >= 15 is 0 Å². The van der Waals surface area contributed by atoms with Crippen molar-refractivity contribution < 1.29 is 0 Å². The lowest BCUT2D eigenvalue weighted by Gasteiger charge is -2.39. The molecule has 0 aromatic heterocycles. The third-order valence-electron chi connectivity index (χ3n) is 3.05. The van der Waals surface area contributed by atoms with E-state index in [1.54, 1.807) is 0 Å². The van der Waals surface area contributed by atoms with Crippen molar-refractivity contribution in [3.05, 3.63) is 35.9 Å². The molecule has 2 atom stereocenters. The molecule has 2 rings (SSSR count). The molecule has 0 heterocycles. The van der Waals surface area contributed by atoms with Gasteiger partial charge in [-0.3, -0.25) is 0 Å². The Hall–Kier alpha value is -0.820. The largest absolute Gasteiger partial charge is 0.311 e. The minimum Gasteiger partial charge on any atom is -0.311 e. The molecule has 1 heteroatoms. The molecule has 14 heavy (non-hydrogen) atoms. The maximum absolute atomic E-state index is 3.63. The summed E-state index contributed by atoms with van der Waals surface area (Å²) in [6, 6.07) is 12.2. The van der Waals surface area contributed by atoms with Crippen LogP contribution in [0.5, 0.6) is 0 Å². The van der Waals surface area contributed by atoms with Crippen LogP contribution in [0, 0.1) is 0 Å². The van der Waals surface area contributed by atoms with Crippen LogP contribution in [0.3, 0.4) is 0 Å². The lowest BCUT2D eigenvalue weighted by Crippen LogP contribution is -2.45. The Balaban J connectivity index is 2.00. The summed E-state index contributed by atoms with van der Waals surface area (Å²) < 4.78 is 0. The molecule has 0 bridgehead atoms. The van der Waals surface area contributed by atoms with E-state index in [2.05, 4.69) is 49.5 Å². The van der Waals surface area contributed by atoms with Gasteiger partial charge in [0.2, 0.25) is 0 Å². The summed E-state index contributed by atoms with van der Waals surface area (Å²) in [6.07, 6.45) is 2.67. The van der Waals surface area contributed by atoms with Crippen LogP contribution >= 0.6 is 0 Å². The Bertz CT molecular complexity index is 279. The molecule has 0 radical (unpaired) electrons. The molecule has 1 saturated carbocycles. The Kier molecular flexibility index (Phi) is 2.87. The number of hydrogen-bond acceptors (Lipinski definition) is 1. The molecule has 1 aliphatic carbocycles. The minimum absolute atomic E-state index is 0.603. The highest BCUT2D eigenvalue weighted by Gasteiger charge is 2.31. The van der Waals surface area contributed by atoms with E-state index in [0.29, 0.717) is 12.1 Å². The van der Waals surface area contributed by atoms with Crippen LogP contribution < -0.4 is 5.32 Å². The fourth-order valence-corrected chi connectivity index (χ4v) is 2.23. The second-order valence-electron chi connectivity index (χ2n) is 4.52. The Morgan fingerprint density at radius 3 is 2.36 bits per heavy atom. The first-order valence-corrected chi connectivity index (χ1v) is 5.58. The molecule has 0 aliphatic heterocycles. The fraction of sp³-hybridized carbons (Fsp3) is 0.538. The van der Waals surface area contributed by atoms with Gasteiger partial charge in [0.1, 0.15) is 0 Å². The number of nitrogens with one attached hydrogen (secondary N) is 1. The van der Waals surface area contributed by atoms with E-state index in [0.717, 1.165) is 5.92 Å². The Morgan fingerprint density at radius 2 is 1.86 bits per heavy atom. The molecular weight excluding hydrogens is 170 g/mol. The van der Waals surface area contributed by atoms with Gasteiger partial charge in [0, 0.05) is 12.1 Å². The molecule has 76 valence electrons. The third kappa shape index (κ3) is 1.98. The molecule has 0 spiro atoms. The van der Waals surface area contributed by atoms with Crippen LogP contribution in [0.15, 0.2) is 30.3 Å². The first kappa shape index (κ1) is 9.72. The molecule has 0 amide bonds. The van der Waals surface area contributed by atoms with E-state index in [9.17, 15) is 0 Å². The molecular formula is C13H19N. The number of benzene rings is 1. The summed E-state index contributed by atoms with van der Waals surface area (Å²) >= 11 is 0. The van der Waals surface area contributed by atoms with E-state index in [-0.39, 0.29) is 0 Å². The SMILES string of the molecule is CC(C)N[C@@H]1CC[C@@H]1c1ccccc1. The average molecular weight is 189 g/mol. The van der Waals surface area contributed by atoms with Crippen LogP contribution in [-0.4, -0.2) is 12.1 Å². The zero-order chi connectivity index (χ0) is 9.97. The summed E-state index contributed by atoms with van der Waals surface area (Å²) in [5.41, 5.74) is 1.50. The predicted octanol–water partition coefficient (Wildman–Crippen LogP) is 2.93. The maximum Gasteiger partial charge on any atom is 0.0138 e. The van der Waals surface area contributed by atoms with Gasteiger partial charge >= 0.3 is 0 Å². The maximum atomic E-state index is 3.63. The quantitative estimate of drug-likeness (QED) is 0.771. The summed E-state index contributed by atoms with van der Waals surface area (Å²) in [5.74, 6) is 0.749. The smallest absolute Gasteiger partial charge is 0.0138 e. The highest BCUT2D eigenvalue weighted by Crippen LogP contribution is 2.36. The van der Waals surface area contributed by atoms with E-state index in [1.807, 2.05) is 0 Å². The summed E-state index contributed by atoms with van der Waals surface area (Å²) in [5, 5.41) is 3.63. The third-order valence-corrected chi connectivity index (χ3v) is 3.05. The van der Waals surface area contributed by atoms with Gasteiger partial charge in [-0.15, -0.1) is 0 Å². The molecule has 0 saturated heterocycles. The van der Waals surface area contributed by atoms with Gasteiger partial charge in [-0.05, 0) is 24.3 Å². The Labute approximate surface area is 86.5 Å². The van der Waals surface area contributed by atoms with Gasteiger partial charge in [0.05, 0.1) is 0 Å². The normalized spacial score (nSPS) is 26.2. The lowest BCUT2D eigenvalue weighted by atomic mass is 9.75. The van der Waals surface area contributed by atoms with Gasteiger partial charge in [-0.2, -0.15) is 0 Å². The zero-order valence-electron chi connectivity index (χ0n) is 9.03. The minimum atomic E-state index is 0.603. The molecule has 1 fully saturated rings. The molecule has 0 unspecified atom stereocenters. The number of rotatable bonds is 3. The highest BCUT2D eigenvalue weighted by atomic mass is 15.0. The van der Waals surface area contributed by atoms with Crippen LogP contribution in [0.25, 0.3) is 0 Å². The van der Waals surface area contributed by atoms with Crippen molar-refractivity contribution in [3.63, 3.8) is 0 Å². The summed E-state index contributed by atoms with van der Waals surface area (Å²) in [7, 11) is 0. The Morgan fingerprint density at radius 1 is 1.14 bits per heavy atom. The lowest BCUT2D eigenvalue weighted by molar-refractivity contribution is 0.268. The van der Waals surface area contributed by atoms with Crippen molar-refractivity contribution in [1.29, 1.82) is 0 Å². The van der Waals surface area contributed by atoms with Crippen LogP contribution in [0.1, 0.15) is 38.2 Å².